The van der Waals surface area contributed by atoms with E-state index in [-0.39, 0.29) is 17.8 Å². The SMILES string of the molecule is C[C@H](NC(=O)CN(Cc1ccccc1F)C1CC1)c1ccc(Br)cc1. The van der Waals surface area contributed by atoms with E-state index in [2.05, 4.69) is 26.1 Å². The first-order chi connectivity index (χ1) is 12.0. The third-order valence-corrected chi connectivity index (χ3v) is 5.02. The summed E-state index contributed by atoms with van der Waals surface area (Å²) in [6.07, 6.45) is 2.15. The van der Waals surface area contributed by atoms with E-state index in [0.29, 0.717) is 24.7 Å². The van der Waals surface area contributed by atoms with Crippen LogP contribution in [0.5, 0.6) is 0 Å². The second kappa shape index (κ2) is 8.11. The summed E-state index contributed by atoms with van der Waals surface area (Å²) >= 11 is 3.41. The monoisotopic (exact) mass is 404 g/mol. The summed E-state index contributed by atoms with van der Waals surface area (Å²) in [5, 5.41) is 3.04. The topological polar surface area (TPSA) is 32.3 Å². The van der Waals surface area contributed by atoms with E-state index in [1.807, 2.05) is 37.3 Å². The zero-order valence-electron chi connectivity index (χ0n) is 14.2. The molecule has 0 saturated heterocycles. The Morgan fingerprint density at radius 1 is 1.24 bits per heavy atom. The molecule has 2 aromatic carbocycles. The Kier molecular flexibility index (Phi) is 5.86. The molecular formula is C20H22BrFN2O. The van der Waals surface area contributed by atoms with Crippen molar-refractivity contribution in [3.63, 3.8) is 0 Å². The zero-order valence-corrected chi connectivity index (χ0v) is 15.8. The first-order valence-corrected chi connectivity index (χ1v) is 9.34. The lowest BCUT2D eigenvalue weighted by Gasteiger charge is -2.23. The van der Waals surface area contributed by atoms with Crippen LogP contribution in [-0.4, -0.2) is 23.4 Å². The number of rotatable bonds is 7. The Balaban J connectivity index is 1.59. The van der Waals surface area contributed by atoms with Gasteiger partial charge in [0.1, 0.15) is 5.82 Å². The van der Waals surface area contributed by atoms with Crippen LogP contribution in [0, 0.1) is 5.82 Å². The van der Waals surface area contributed by atoms with E-state index < -0.39 is 0 Å². The molecular weight excluding hydrogens is 383 g/mol. The van der Waals surface area contributed by atoms with Gasteiger partial charge in [-0.25, -0.2) is 4.39 Å². The first kappa shape index (κ1) is 18.1. The number of hydrogen-bond donors (Lipinski definition) is 1. The van der Waals surface area contributed by atoms with Crippen molar-refractivity contribution in [3.8, 4) is 0 Å². The summed E-state index contributed by atoms with van der Waals surface area (Å²) in [4.78, 5) is 14.5. The number of nitrogens with zero attached hydrogens (tertiary/aromatic N) is 1. The van der Waals surface area contributed by atoms with Gasteiger partial charge in [0.05, 0.1) is 12.6 Å². The molecule has 1 amide bonds. The van der Waals surface area contributed by atoms with Crippen molar-refractivity contribution in [2.24, 2.45) is 0 Å². The van der Waals surface area contributed by atoms with E-state index in [0.717, 1.165) is 22.9 Å². The average molecular weight is 405 g/mol. The Morgan fingerprint density at radius 3 is 2.56 bits per heavy atom. The third kappa shape index (κ3) is 5.13. The van der Waals surface area contributed by atoms with Crippen LogP contribution in [0.4, 0.5) is 4.39 Å². The van der Waals surface area contributed by atoms with Gasteiger partial charge in [0, 0.05) is 22.6 Å². The molecule has 0 spiro atoms. The van der Waals surface area contributed by atoms with Gasteiger partial charge in [-0.2, -0.15) is 0 Å². The molecule has 1 aliphatic carbocycles. The van der Waals surface area contributed by atoms with Gasteiger partial charge in [-0.05, 0) is 43.5 Å². The van der Waals surface area contributed by atoms with Gasteiger partial charge in [0.15, 0.2) is 0 Å². The molecule has 5 heteroatoms. The fraction of sp³-hybridized carbons (Fsp3) is 0.350. The molecule has 3 nitrogen and oxygen atoms in total. The molecule has 1 saturated carbocycles. The van der Waals surface area contributed by atoms with Crippen LogP contribution in [-0.2, 0) is 11.3 Å². The number of carbonyl (C=O) groups excluding carboxylic acids is 1. The minimum Gasteiger partial charge on any atom is -0.348 e. The Labute approximate surface area is 156 Å². The van der Waals surface area contributed by atoms with Crippen LogP contribution in [0.15, 0.2) is 53.0 Å². The zero-order chi connectivity index (χ0) is 17.8. The van der Waals surface area contributed by atoms with Crippen LogP contribution in [0.2, 0.25) is 0 Å². The highest BCUT2D eigenvalue weighted by Gasteiger charge is 2.31. The van der Waals surface area contributed by atoms with Crippen molar-refractivity contribution in [2.45, 2.75) is 38.4 Å². The standard InChI is InChI=1S/C20H22BrFN2O/c1-14(15-6-8-17(21)9-7-15)23-20(25)13-24(18-10-11-18)12-16-4-2-3-5-19(16)22/h2-9,14,18H,10-13H2,1H3,(H,23,25)/t14-/m0/s1. The van der Waals surface area contributed by atoms with Crippen LogP contribution in [0.3, 0.4) is 0 Å². The molecule has 0 unspecified atom stereocenters. The lowest BCUT2D eigenvalue weighted by Crippen LogP contribution is -2.39. The summed E-state index contributed by atoms with van der Waals surface area (Å²) in [7, 11) is 0. The number of amides is 1. The maximum Gasteiger partial charge on any atom is 0.234 e. The van der Waals surface area contributed by atoms with E-state index in [1.165, 1.54) is 6.07 Å². The van der Waals surface area contributed by atoms with E-state index >= 15 is 0 Å². The van der Waals surface area contributed by atoms with Crippen molar-refractivity contribution in [1.82, 2.24) is 10.2 Å². The maximum atomic E-state index is 13.9. The van der Waals surface area contributed by atoms with Gasteiger partial charge in [0.25, 0.3) is 0 Å². The predicted molar refractivity (Wildman–Crippen MR) is 101 cm³/mol. The lowest BCUT2D eigenvalue weighted by molar-refractivity contribution is -0.123. The van der Waals surface area contributed by atoms with Crippen molar-refractivity contribution < 1.29 is 9.18 Å². The van der Waals surface area contributed by atoms with Gasteiger partial charge < -0.3 is 5.32 Å². The maximum absolute atomic E-state index is 13.9. The fourth-order valence-corrected chi connectivity index (χ4v) is 3.17. The summed E-state index contributed by atoms with van der Waals surface area (Å²) in [6.45, 7) is 2.73. The average Bonchev–Trinajstić information content (AvgIpc) is 3.41. The molecule has 0 heterocycles. The molecule has 25 heavy (non-hydrogen) atoms. The summed E-state index contributed by atoms with van der Waals surface area (Å²) in [5.74, 6) is -0.240. The third-order valence-electron chi connectivity index (χ3n) is 4.49. The number of carbonyl (C=O) groups is 1. The molecule has 132 valence electrons. The second-order valence-corrected chi connectivity index (χ2v) is 7.48. The lowest BCUT2D eigenvalue weighted by atomic mass is 10.1. The summed E-state index contributed by atoms with van der Waals surface area (Å²) in [5.41, 5.74) is 1.70. The minimum atomic E-state index is -0.211. The van der Waals surface area contributed by atoms with E-state index in [9.17, 15) is 9.18 Å². The number of hydrogen-bond acceptors (Lipinski definition) is 2. The number of benzene rings is 2. The molecule has 0 radical (unpaired) electrons. The Bertz CT molecular complexity index is 731. The predicted octanol–water partition coefficient (Wildman–Crippen LogP) is 4.43. The Morgan fingerprint density at radius 2 is 1.92 bits per heavy atom. The highest BCUT2D eigenvalue weighted by Crippen LogP contribution is 2.28. The van der Waals surface area contributed by atoms with Crippen molar-refractivity contribution in [3.05, 3.63) is 69.9 Å². The van der Waals surface area contributed by atoms with Crippen LogP contribution in [0.25, 0.3) is 0 Å². The van der Waals surface area contributed by atoms with Gasteiger partial charge >= 0.3 is 0 Å². The summed E-state index contributed by atoms with van der Waals surface area (Å²) in [6, 6.07) is 15.0. The Hall–Kier alpha value is -1.72. The number of nitrogens with one attached hydrogen (secondary N) is 1. The van der Waals surface area contributed by atoms with Crippen molar-refractivity contribution in [2.75, 3.05) is 6.54 Å². The molecule has 3 rings (SSSR count). The van der Waals surface area contributed by atoms with Gasteiger partial charge in [-0.3, -0.25) is 9.69 Å². The van der Waals surface area contributed by atoms with E-state index in [4.69, 9.17) is 0 Å². The van der Waals surface area contributed by atoms with Crippen molar-refractivity contribution >= 4 is 21.8 Å². The van der Waals surface area contributed by atoms with E-state index in [1.54, 1.807) is 12.1 Å². The van der Waals surface area contributed by atoms with Gasteiger partial charge in [-0.1, -0.05) is 46.3 Å². The second-order valence-electron chi connectivity index (χ2n) is 6.57. The van der Waals surface area contributed by atoms with Gasteiger partial charge in [0.2, 0.25) is 5.91 Å². The van der Waals surface area contributed by atoms with Crippen LogP contribution < -0.4 is 5.32 Å². The molecule has 1 N–H and O–H groups in total. The highest BCUT2D eigenvalue weighted by atomic mass is 79.9. The normalized spacial score (nSPS) is 15.2. The molecule has 0 aliphatic heterocycles. The van der Waals surface area contributed by atoms with Gasteiger partial charge in [-0.15, -0.1) is 0 Å². The molecule has 1 fully saturated rings. The quantitative estimate of drug-likeness (QED) is 0.739. The molecule has 0 aromatic heterocycles. The van der Waals surface area contributed by atoms with Crippen molar-refractivity contribution in [1.29, 1.82) is 0 Å². The first-order valence-electron chi connectivity index (χ1n) is 8.55. The van der Waals surface area contributed by atoms with Crippen LogP contribution in [0.1, 0.15) is 36.9 Å². The summed E-state index contributed by atoms with van der Waals surface area (Å²) < 4.78 is 14.9. The molecule has 1 atom stereocenters. The van der Waals surface area contributed by atoms with Crippen LogP contribution >= 0.6 is 15.9 Å². The minimum absolute atomic E-state index is 0.0290. The smallest absolute Gasteiger partial charge is 0.234 e. The molecule has 2 aromatic rings. The molecule has 0 bridgehead atoms. The highest BCUT2D eigenvalue weighted by molar-refractivity contribution is 9.10. The largest absolute Gasteiger partial charge is 0.348 e. The fourth-order valence-electron chi connectivity index (χ4n) is 2.91. The molecule has 1 aliphatic rings. The number of halogens is 2.